The monoisotopic (exact) mass is 495 g/mol. The van der Waals surface area contributed by atoms with E-state index in [0.717, 1.165) is 61.2 Å². The highest BCUT2D eigenvalue weighted by molar-refractivity contribution is 6.32. The molecule has 6 heteroatoms. The summed E-state index contributed by atoms with van der Waals surface area (Å²) in [5.74, 6) is 1.11. The summed E-state index contributed by atoms with van der Waals surface area (Å²) in [6, 6.07) is 10.2. The van der Waals surface area contributed by atoms with Crippen LogP contribution >= 0.6 is 11.6 Å². The highest BCUT2D eigenvalue weighted by Gasteiger charge is 2.48. The molecule has 6 rings (SSSR count). The summed E-state index contributed by atoms with van der Waals surface area (Å²) in [5.41, 5.74) is 5.41. The molecule has 3 aliphatic heterocycles. The van der Waals surface area contributed by atoms with E-state index in [1.807, 2.05) is 26.0 Å². The molecule has 3 heterocycles. The van der Waals surface area contributed by atoms with Gasteiger partial charge < -0.3 is 24.4 Å². The molecule has 3 fully saturated rings. The number of benzene rings is 2. The van der Waals surface area contributed by atoms with E-state index < -0.39 is 6.09 Å². The summed E-state index contributed by atoms with van der Waals surface area (Å²) in [7, 11) is 0. The Kier molecular flexibility index (Phi) is 6.29. The number of hydrogen-bond acceptors (Lipinski definition) is 4. The third kappa shape index (κ3) is 4.42. The molecular formula is C29H36ClN2O3-. The first-order valence-corrected chi connectivity index (χ1v) is 13.2. The van der Waals surface area contributed by atoms with Crippen molar-refractivity contribution in [1.29, 1.82) is 0 Å². The highest BCUT2D eigenvalue weighted by atomic mass is 35.5. The van der Waals surface area contributed by atoms with Crippen molar-refractivity contribution in [3.05, 3.63) is 52.0 Å². The van der Waals surface area contributed by atoms with E-state index in [1.54, 1.807) is 4.90 Å². The molecule has 0 spiro atoms. The van der Waals surface area contributed by atoms with Crippen molar-refractivity contribution in [3.8, 4) is 16.9 Å². The first-order valence-electron chi connectivity index (χ1n) is 12.9. The first-order chi connectivity index (χ1) is 16.5. The lowest BCUT2D eigenvalue weighted by Gasteiger charge is -2.53. The van der Waals surface area contributed by atoms with Gasteiger partial charge in [0.25, 0.3) is 0 Å². The maximum absolute atomic E-state index is 12.6. The zero-order chi connectivity index (χ0) is 25.1. The van der Waals surface area contributed by atoms with Crippen LogP contribution in [0.4, 0.5) is 4.79 Å². The van der Waals surface area contributed by atoms with Crippen molar-refractivity contribution in [1.82, 2.24) is 9.80 Å². The van der Waals surface area contributed by atoms with E-state index in [2.05, 4.69) is 43.9 Å². The van der Waals surface area contributed by atoms with Crippen LogP contribution in [0, 0.1) is 18.3 Å². The molecule has 1 aliphatic carbocycles. The Hall–Kier alpha value is -2.24. The molecule has 5 nitrogen and oxygen atoms in total. The van der Waals surface area contributed by atoms with Crippen LogP contribution in [0.25, 0.3) is 11.1 Å². The lowest BCUT2D eigenvalue weighted by Crippen LogP contribution is -2.62. The van der Waals surface area contributed by atoms with Crippen LogP contribution in [-0.2, 0) is 6.42 Å². The third-order valence-electron chi connectivity index (χ3n) is 8.24. The minimum absolute atomic E-state index is 0.00464. The van der Waals surface area contributed by atoms with Crippen LogP contribution < -0.4 is 9.84 Å². The van der Waals surface area contributed by atoms with Crippen molar-refractivity contribution < 1.29 is 14.6 Å². The maximum atomic E-state index is 12.6. The average molecular weight is 496 g/mol. The van der Waals surface area contributed by atoms with Crippen LogP contribution in [-0.4, -0.2) is 47.7 Å². The van der Waals surface area contributed by atoms with Crippen LogP contribution in [0.3, 0.4) is 0 Å². The molecule has 0 unspecified atom stereocenters. The van der Waals surface area contributed by atoms with Crippen molar-refractivity contribution in [3.63, 3.8) is 0 Å². The summed E-state index contributed by atoms with van der Waals surface area (Å²) >= 11 is 6.55. The predicted molar refractivity (Wildman–Crippen MR) is 138 cm³/mol. The number of halogens is 1. The van der Waals surface area contributed by atoms with E-state index in [-0.39, 0.29) is 23.6 Å². The molecule has 0 aromatic heterocycles. The lowest BCUT2D eigenvalue weighted by molar-refractivity contribution is -0.276. The molecule has 3 saturated heterocycles. The Morgan fingerprint density at radius 2 is 1.91 bits per heavy atom. The number of amides is 1. The summed E-state index contributed by atoms with van der Waals surface area (Å²) in [6.07, 6.45) is 1.99. The number of fused-ring (bicyclic) bond motifs is 4. The van der Waals surface area contributed by atoms with Gasteiger partial charge in [-0.15, -0.1) is 0 Å². The van der Waals surface area contributed by atoms with Gasteiger partial charge in [0, 0.05) is 12.6 Å². The zero-order valence-electron chi connectivity index (χ0n) is 21.4. The van der Waals surface area contributed by atoms with Gasteiger partial charge >= 0.3 is 0 Å². The predicted octanol–water partition coefficient (Wildman–Crippen LogP) is 5.47. The minimum Gasteiger partial charge on any atom is -0.530 e. The van der Waals surface area contributed by atoms with Gasteiger partial charge in [-0.05, 0) is 104 Å². The van der Waals surface area contributed by atoms with Gasteiger partial charge in [-0.3, -0.25) is 0 Å². The first kappa shape index (κ1) is 24.5. The zero-order valence-corrected chi connectivity index (χ0v) is 22.2. The van der Waals surface area contributed by atoms with Crippen molar-refractivity contribution in [2.45, 2.75) is 72.1 Å². The van der Waals surface area contributed by atoms with E-state index in [0.29, 0.717) is 16.7 Å². The molecular weight excluding hydrogens is 460 g/mol. The fourth-order valence-electron chi connectivity index (χ4n) is 6.73. The maximum Gasteiger partial charge on any atom is 0.138 e. The molecule has 0 N–H and O–H groups in total. The fourth-order valence-corrected chi connectivity index (χ4v) is 6.95. The fraction of sp³-hybridized carbons (Fsp3) is 0.552. The van der Waals surface area contributed by atoms with E-state index >= 15 is 0 Å². The number of hydrogen-bond donors (Lipinski definition) is 0. The number of ether oxygens (including phenoxy) is 1. The number of nitrogens with zero attached hydrogens (tertiary/aromatic N) is 2. The smallest absolute Gasteiger partial charge is 0.138 e. The normalized spacial score (nSPS) is 26.6. The second kappa shape index (κ2) is 9.01. The Balaban J connectivity index is 1.52. The van der Waals surface area contributed by atoms with Gasteiger partial charge in [0.1, 0.15) is 11.8 Å². The quantitative estimate of drug-likeness (QED) is 0.552. The van der Waals surface area contributed by atoms with E-state index in [1.165, 1.54) is 5.56 Å². The number of carbonyl (C=O) groups excluding carboxylic acids is 1. The number of rotatable bonds is 5. The lowest BCUT2D eigenvalue weighted by atomic mass is 9.79. The molecule has 1 amide bonds. The Morgan fingerprint density at radius 1 is 1.20 bits per heavy atom. The standard InChI is InChI=1S/C29H37ClN2O3/c1-17(2)35-26-7-6-20(14-24(26)30)22-13-21-15-29(4,5)27(23(21)12-18(22)3)32(28(33)34)25-16-31-10-8-19(25)9-11-31/h6-7,12-14,17,19,25,27H,8-11,15-16H2,1-5H3,(H,33,34)/p-1/t25-,27+/m1/s1. The molecule has 4 aliphatic rings. The van der Waals surface area contributed by atoms with Crippen molar-refractivity contribution >= 4 is 17.7 Å². The van der Waals surface area contributed by atoms with Gasteiger partial charge in [0.2, 0.25) is 0 Å². The van der Waals surface area contributed by atoms with Crippen LogP contribution in [0.5, 0.6) is 5.75 Å². The van der Waals surface area contributed by atoms with Crippen LogP contribution in [0.1, 0.15) is 63.3 Å². The highest BCUT2D eigenvalue weighted by Crippen LogP contribution is 2.52. The summed E-state index contributed by atoms with van der Waals surface area (Å²) in [4.78, 5) is 16.8. The van der Waals surface area contributed by atoms with Crippen LogP contribution in [0.2, 0.25) is 5.02 Å². The SMILES string of the molecule is Cc1cc2c(cc1-c1ccc(OC(C)C)c(Cl)c1)CC(C)(C)[C@H]2N(C(=O)[O-])[C@@H]1CN2CCC1CC2. The van der Waals surface area contributed by atoms with Gasteiger partial charge in [0.05, 0.1) is 17.2 Å². The van der Waals surface area contributed by atoms with Crippen molar-refractivity contribution in [2.75, 3.05) is 19.6 Å². The minimum atomic E-state index is -1.04. The number of carboxylic acid groups (broad SMARTS) is 1. The molecule has 2 bridgehead atoms. The summed E-state index contributed by atoms with van der Waals surface area (Å²) in [5, 5.41) is 13.2. The Labute approximate surface area is 214 Å². The molecule has 35 heavy (non-hydrogen) atoms. The largest absolute Gasteiger partial charge is 0.530 e. The van der Waals surface area contributed by atoms with E-state index in [9.17, 15) is 9.90 Å². The van der Waals surface area contributed by atoms with Gasteiger partial charge in [-0.1, -0.05) is 43.6 Å². The Bertz CT molecular complexity index is 1140. The molecule has 188 valence electrons. The number of piperidine rings is 3. The molecule has 0 radical (unpaired) electrons. The van der Waals surface area contributed by atoms with E-state index in [4.69, 9.17) is 16.3 Å². The third-order valence-corrected chi connectivity index (χ3v) is 8.54. The van der Waals surface area contributed by atoms with Gasteiger partial charge in [-0.25, -0.2) is 0 Å². The summed E-state index contributed by atoms with van der Waals surface area (Å²) < 4.78 is 5.81. The number of carbonyl (C=O) groups is 1. The molecule has 0 saturated carbocycles. The number of aryl methyl sites for hydroxylation is 1. The van der Waals surface area contributed by atoms with Crippen molar-refractivity contribution in [2.24, 2.45) is 11.3 Å². The molecule has 2 aromatic carbocycles. The summed E-state index contributed by atoms with van der Waals surface area (Å²) in [6.45, 7) is 13.4. The average Bonchev–Trinajstić information content (AvgIpc) is 3.04. The Morgan fingerprint density at radius 3 is 2.49 bits per heavy atom. The van der Waals surface area contributed by atoms with Crippen LogP contribution in [0.15, 0.2) is 30.3 Å². The second-order valence-electron chi connectivity index (χ2n) is 11.6. The second-order valence-corrected chi connectivity index (χ2v) is 12.0. The van der Waals surface area contributed by atoms with Gasteiger partial charge in [0.15, 0.2) is 0 Å². The van der Waals surface area contributed by atoms with Gasteiger partial charge in [-0.2, -0.15) is 0 Å². The molecule has 2 atom stereocenters. The topological polar surface area (TPSA) is 55.8 Å². The molecule has 2 aromatic rings.